The Morgan fingerprint density at radius 1 is 1.08 bits per heavy atom. The summed E-state index contributed by atoms with van der Waals surface area (Å²) in [5.74, 6) is -2.76. The maximum absolute atomic E-state index is 13.2. The van der Waals surface area contributed by atoms with E-state index in [1.807, 2.05) is 0 Å². The molecule has 0 bridgehead atoms. The minimum atomic E-state index is -4.00. The van der Waals surface area contributed by atoms with Crippen LogP contribution in [0.15, 0.2) is 41.3 Å². The predicted molar refractivity (Wildman–Crippen MR) is 89.6 cm³/mol. The van der Waals surface area contributed by atoms with Crippen LogP contribution in [-0.4, -0.2) is 18.9 Å². The van der Waals surface area contributed by atoms with E-state index in [1.54, 1.807) is 20.8 Å². The van der Waals surface area contributed by atoms with Gasteiger partial charge < -0.3 is 4.74 Å². The van der Waals surface area contributed by atoms with E-state index in [-0.39, 0.29) is 16.4 Å². The molecule has 0 aliphatic carbocycles. The fourth-order valence-electron chi connectivity index (χ4n) is 2.02. The Morgan fingerprint density at radius 3 is 2.27 bits per heavy atom. The van der Waals surface area contributed by atoms with Gasteiger partial charge in [0.15, 0.2) is 11.6 Å². The number of rotatable bonds is 5. The molecule has 10 heteroatoms. The van der Waals surface area contributed by atoms with Crippen molar-refractivity contribution in [1.82, 2.24) is 4.72 Å². The number of sulfonamides is 1. The third kappa shape index (κ3) is 4.73. The Labute approximate surface area is 148 Å². The van der Waals surface area contributed by atoms with Gasteiger partial charge in [0.05, 0.1) is 9.82 Å². The smallest absolute Gasteiger partial charge is 0.312 e. The van der Waals surface area contributed by atoms with Gasteiger partial charge in [-0.1, -0.05) is 0 Å². The van der Waals surface area contributed by atoms with Crippen molar-refractivity contribution in [3.8, 4) is 11.5 Å². The fraction of sp³-hybridized carbons (Fsp3) is 0.250. The number of nitrogens with one attached hydrogen (secondary N) is 1. The van der Waals surface area contributed by atoms with Gasteiger partial charge in [0.2, 0.25) is 15.8 Å². The molecule has 0 saturated carbocycles. The van der Waals surface area contributed by atoms with Crippen molar-refractivity contribution in [2.75, 3.05) is 0 Å². The first-order valence-electron chi connectivity index (χ1n) is 7.34. The van der Waals surface area contributed by atoms with Gasteiger partial charge in [-0.25, -0.2) is 21.9 Å². The lowest BCUT2D eigenvalue weighted by Gasteiger charge is -2.20. The molecule has 0 aliphatic rings. The lowest BCUT2D eigenvalue weighted by Crippen LogP contribution is -2.40. The molecular weight excluding hydrogens is 370 g/mol. The topological polar surface area (TPSA) is 98.5 Å². The van der Waals surface area contributed by atoms with Gasteiger partial charge in [0, 0.05) is 17.7 Å². The molecule has 0 aromatic heterocycles. The lowest BCUT2D eigenvalue weighted by molar-refractivity contribution is -0.385. The van der Waals surface area contributed by atoms with E-state index >= 15 is 0 Å². The monoisotopic (exact) mass is 386 g/mol. The Hall–Kier alpha value is -2.59. The Bertz CT molecular complexity index is 956. The largest absolute Gasteiger partial charge is 0.450 e. The molecule has 2 rings (SSSR count). The van der Waals surface area contributed by atoms with Crippen LogP contribution in [0, 0.1) is 21.7 Å². The molecule has 0 amide bonds. The van der Waals surface area contributed by atoms with E-state index in [9.17, 15) is 27.3 Å². The molecule has 0 unspecified atom stereocenters. The van der Waals surface area contributed by atoms with Crippen LogP contribution in [0.5, 0.6) is 11.5 Å². The van der Waals surface area contributed by atoms with Crippen molar-refractivity contribution in [2.45, 2.75) is 31.2 Å². The summed E-state index contributed by atoms with van der Waals surface area (Å²) in [5, 5.41) is 11.3. The number of nitrogens with zero attached hydrogens (tertiary/aromatic N) is 1. The van der Waals surface area contributed by atoms with Crippen LogP contribution in [0.3, 0.4) is 0 Å². The first kappa shape index (κ1) is 19.7. The van der Waals surface area contributed by atoms with Crippen LogP contribution in [0.4, 0.5) is 14.5 Å². The van der Waals surface area contributed by atoms with Crippen molar-refractivity contribution in [1.29, 1.82) is 0 Å². The average Bonchev–Trinajstić information content (AvgIpc) is 2.48. The minimum Gasteiger partial charge on any atom is -0.450 e. The molecule has 0 saturated heterocycles. The standard InChI is InChI=1S/C16H16F2N2O5S/c1-16(2,3)19-26(23,24)11-5-7-15(14(9-11)20(21)22)25-10-4-6-12(17)13(18)8-10/h4-9,19H,1-3H3. The molecule has 0 fully saturated rings. The van der Waals surface area contributed by atoms with E-state index < -0.39 is 37.8 Å². The number of halogens is 2. The molecule has 0 spiro atoms. The number of ether oxygens (including phenoxy) is 1. The second-order valence-corrected chi connectivity index (χ2v) is 8.10. The number of nitro benzene ring substituents is 1. The first-order chi connectivity index (χ1) is 11.9. The van der Waals surface area contributed by atoms with E-state index in [0.717, 1.165) is 36.4 Å². The summed E-state index contributed by atoms with van der Waals surface area (Å²) in [4.78, 5) is 10.1. The molecule has 0 aliphatic heterocycles. The molecule has 1 N–H and O–H groups in total. The summed E-state index contributed by atoms with van der Waals surface area (Å²) in [6, 6.07) is 5.66. The summed E-state index contributed by atoms with van der Waals surface area (Å²) in [5.41, 5.74) is -1.42. The maximum atomic E-state index is 13.2. The molecule has 140 valence electrons. The molecule has 2 aromatic rings. The fourth-order valence-corrected chi connectivity index (χ4v) is 3.46. The van der Waals surface area contributed by atoms with Crippen LogP contribution < -0.4 is 9.46 Å². The van der Waals surface area contributed by atoms with Gasteiger partial charge >= 0.3 is 5.69 Å². The second-order valence-electron chi connectivity index (χ2n) is 6.42. The predicted octanol–water partition coefficient (Wildman–Crippen LogP) is 3.74. The molecule has 0 atom stereocenters. The summed E-state index contributed by atoms with van der Waals surface area (Å²) in [6.45, 7) is 4.87. The normalized spacial score (nSPS) is 12.0. The van der Waals surface area contributed by atoms with Crippen molar-refractivity contribution in [3.63, 3.8) is 0 Å². The highest BCUT2D eigenvalue weighted by Crippen LogP contribution is 2.34. The zero-order valence-corrected chi connectivity index (χ0v) is 14.9. The maximum Gasteiger partial charge on any atom is 0.312 e. The van der Waals surface area contributed by atoms with Gasteiger partial charge in [-0.3, -0.25) is 10.1 Å². The molecule has 26 heavy (non-hydrogen) atoms. The highest BCUT2D eigenvalue weighted by Gasteiger charge is 2.26. The van der Waals surface area contributed by atoms with Gasteiger partial charge in [0.1, 0.15) is 5.75 Å². The highest BCUT2D eigenvalue weighted by molar-refractivity contribution is 7.89. The summed E-state index contributed by atoms with van der Waals surface area (Å²) < 4.78 is 58.4. The third-order valence-corrected chi connectivity index (χ3v) is 4.75. The van der Waals surface area contributed by atoms with Crippen molar-refractivity contribution in [2.24, 2.45) is 0 Å². The molecule has 2 aromatic carbocycles. The quantitative estimate of drug-likeness (QED) is 0.623. The molecule has 0 radical (unpaired) electrons. The minimum absolute atomic E-state index is 0.171. The van der Waals surface area contributed by atoms with E-state index in [1.165, 1.54) is 0 Å². The van der Waals surface area contributed by atoms with Gasteiger partial charge in [0.25, 0.3) is 0 Å². The van der Waals surface area contributed by atoms with Crippen LogP contribution in [-0.2, 0) is 10.0 Å². The number of benzene rings is 2. The molecule has 7 nitrogen and oxygen atoms in total. The number of nitro groups is 1. The highest BCUT2D eigenvalue weighted by atomic mass is 32.2. The van der Waals surface area contributed by atoms with Crippen molar-refractivity contribution >= 4 is 15.7 Å². The average molecular weight is 386 g/mol. The van der Waals surface area contributed by atoms with Gasteiger partial charge in [-0.2, -0.15) is 0 Å². The van der Waals surface area contributed by atoms with Gasteiger partial charge in [-0.05, 0) is 45.0 Å². The van der Waals surface area contributed by atoms with E-state index in [2.05, 4.69) is 4.72 Å². The SMILES string of the molecule is CC(C)(C)NS(=O)(=O)c1ccc(Oc2ccc(F)c(F)c2)c([N+](=O)[O-])c1. The van der Waals surface area contributed by atoms with Gasteiger partial charge in [-0.15, -0.1) is 0 Å². The Kier molecular flexibility index (Phi) is 5.28. The summed E-state index contributed by atoms with van der Waals surface area (Å²) in [6.07, 6.45) is 0. The third-order valence-electron chi connectivity index (χ3n) is 3.00. The molecular formula is C16H16F2N2O5S. The molecule has 0 heterocycles. The van der Waals surface area contributed by atoms with Crippen molar-refractivity contribution in [3.05, 3.63) is 58.1 Å². The Morgan fingerprint density at radius 2 is 1.73 bits per heavy atom. The van der Waals surface area contributed by atoms with E-state index in [0.29, 0.717) is 0 Å². The van der Waals surface area contributed by atoms with Crippen LogP contribution in [0.25, 0.3) is 0 Å². The number of hydrogen-bond donors (Lipinski definition) is 1. The van der Waals surface area contributed by atoms with E-state index in [4.69, 9.17) is 4.74 Å². The Balaban J connectivity index is 2.43. The second kappa shape index (κ2) is 6.96. The zero-order valence-electron chi connectivity index (χ0n) is 14.1. The zero-order chi connectivity index (χ0) is 19.7. The summed E-state index contributed by atoms with van der Waals surface area (Å²) >= 11 is 0. The first-order valence-corrected chi connectivity index (χ1v) is 8.83. The van der Waals surface area contributed by atoms with Crippen molar-refractivity contribution < 1.29 is 26.9 Å². The van der Waals surface area contributed by atoms with Crippen LogP contribution in [0.1, 0.15) is 20.8 Å². The van der Waals surface area contributed by atoms with Crippen LogP contribution in [0.2, 0.25) is 0 Å². The lowest BCUT2D eigenvalue weighted by atomic mass is 10.1. The van der Waals surface area contributed by atoms with Crippen LogP contribution >= 0.6 is 0 Å². The summed E-state index contributed by atoms with van der Waals surface area (Å²) in [7, 11) is -4.00. The number of hydrogen-bond acceptors (Lipinski definition) is 5.